The topological polar surface area (TPSA) is 41.1 Å². The average Bonchev–Trinajstić information content (AvgIpc) is 2.62. The van der Waals surface area contributed by atoms with Gasteiger partial charge in [-0.05, 0) is 51.0 Å². The molecule has 3 aromatic rings. The van der Waals surface area contributed by atoms with Gasteiger partial charge in [0.2, 0.25) is 5.95 Å². The van der Waals surface area contributed by atoms with E-state index < -0.39 is 0 Å². The van der Waals surface area contributed by atoms with Crippen LogP contribution in [0.1, 0.15) is 29.3 Å². The van der Waals surface area contributed by atoms with Crippen LogP contribution >= 0.6 is 0 Å². The minimum atomic E-state index is 0.726. The number of hydrogen-bond donors (Lipinski definition) is 1. The van der Waals surface area contributed by atoms with Crippen LogP contribution in [0, 0.1) is 20.8 Å². The molecular formula is C22H26N4. The Hall–Kier alpha value is -2.88. The summed E-state index contributed by atoms with van der Waals surface area (Å²) in [5.41, 5.74) is 5.80. The van der Waals surface area contributed by atoms with Crippen molar-refractivity contribution in [3.8, 4) is 0 Å². The highest BCUT2D eigenvalue weighted by atomic mass is 15.3. The van der Waals surface area contributed by atoms with Gasteiger partial charge in [-0.15, -0.1) is 0 Å². The summed E-state index contributed by atoms with van der Waals surface area (Å²) in [5, 5.41) is 3.43. The number of aryl methyl sites for hydroxylation is 3. The number of nitrogens with one attached hydrogen (secondary N) is 1. The molecule has 0 aliphatic carbocycles. The number of aromatic nitrogens is 2. The number of hydrogen-bond acceptors (Lipinski definition) is 4. The minimum Gasteiger partial charge on any atom is -0.366 e. The zero-order valence-electron chi connectivity index (χ0n) is 16.0. The molecule has 1 N–H and O–H groups in total. The van der Waals surface area contributed by atoms with Gasteiger partial charge in [-0.3, -0.25) is 0 Å². The van der Waals surface area contributed by atoms with Gasteiger partial charge >= 0.3 is 0 Å². The molecule has 0 bridgehead atoms. The fourth-order valence-electron chi connectivity index (χ4n) is 2.90. The molecule has 2 aromatic carbocycles. The quantitative estimate of drug-likeness (QED) is 0.668. The summed E-state index contributed by atoms with van der Waals surface area (Å²) in [4.78, 5) is 11.5. The highest BCUT2D eigenvalue weighted by Gasteiger charge is 2.12. The summed E-state index contributed by atoms with van der Waals surface area (Å²) in [6.45, 7) is 9.88. The van der Waals surface area contributed by atoms with E-state index in [4.69, 9.17) is 4.98 Å². The molecule has 0 saturated heterocycles. The standard InChI is InChI=1S/C22H26N4/c1-5-26(20-8-6-7-17(3)13-20)22-24-18(4)14-21(25-22)23-15-19-11-9-16(2)10-12-19/h6-14H,5,15H2,1-4H3,(H,23,24,25). The minimum absolute atomic E-state index is 0.726. The summed E-state index contributed by atoms with van der Waals surface area (Å²) in [7, 11) is 0. The zero-order chi connectivity index (χ0) is 18.5. The molecule has 4 heteroatoms. The first-order valence-corrected chi connectivity index (χ1v) is 9.04. The van der Waals surface area contributed by atoms with Crippen LogP contribution in [-0.4, -0.2) is 16.5 Å². The summed E-state index contributed by atoms with van der Waals surface area (Å²) < 4.78 is 0. The summed E-state index contributed by atoms with van der Waals surface area (Å²) in [6.07, 6.45) is 0. The summed E-state index contributed by atoms with van der Waals surface area (Å²) in [5.74, 6) is 1.57. The fourth-order valence-corrected chi connectivity index (χ4v) is 2.90. The van der Waals surface area contributed by atoms with E-state index in [-0.39, 0.29) is 0 Å². The molecule has 4 nitrogen and oxygen atoms in total. The predicted molar refractivity (Wildman–Crippen MR) is 109 cm³/mol. The van der Waals surface area contributed by atoms with E-state index in [9.17, 15) is 0 Å². The maximum Gasteiger partial charge on any atom is 0.232 e. The Morgan fingerprint density at radius 2 is 1.65 bits per heavy atom. The Morgan fingerprint density at radius 1 is 0.885 bits per heavy atom. The number of rotatable bonds is 6. The van der Waals surface area contributed by atoms with E-state index in [1.54, 1.807) is 0 Å². The molecule has 1 heterocycles. The van der Waals surface area contributed by atoms with Crippen LogP contribution in [0.2, 0.25) is 0 Å². The van der Waals surface area contributed by atoms with Crippen LogP contribution in [-0.2, 0) is 6.54 Å². The monoisotopic (exact) mass is 346 g/mol. The van der Waals surface area contributed by atoms with Gasteiger partial charge in [0.05, 0.1) is 0 Å². The second kappa shape index (κ2) is 8.00. The summed E-state index contributed by atoms with van der Waals surface area (Å²) in [6, 6.07) is 19.0. The lowest BCUT2D eigenvalue weighted by atomic mass is 10.1. The Bertz CT molecular complexity index is 872. The van der Waals surface area contributed by atoms with Crippen LogP contribution in [0.25, 0.3) is 0 Å². The third-order valence-electron chi connectivity index (χ3n) is 4.31. The van der Waals surface area contributed by atoms with Crippen molar-refractivity contribution in [3.05, 3.63) is 77.0 Å². The van der Waals surface area contributed by atoms with Crippen molar-refractivity contribution in [2.45, 2.75) is 34.2 Å². The first-order chi connectivity index (χ1) is 12.5. The SMILES string of the molecule is CCN(c1cccc(C)c1)c1nc(C)cc(NCc2ccc(C)cc2)n1. The van der Waals surface area contributed by atoms with Crippen molar-refractivity contribution in [2.24, 2.45) is 0 Å². The van der Waals surface area contributed by atoms with Gasteiger partial charge in [-0.2, -0.15) is 4.98 Å². The lowest BCUT2D eigenvalue weighted by Crippen LogP contribution is -2.20. The lowest BCUT2D eigenvalue weighted by molar-refractivity contribution is 0.929. The predicted octanol–water partition coefficient (Wildman–Crippen LogP) is 5.17. The molecule has 26 heavy (non-hydrogen) atoms. The van der Waals surface area contributed by atoms with Crippen LogP contribution < -0.4 is 10.2 Å². The largest absolute Gasteiger partial charge is 0.366 e. The highest BCUT2D eigenvalue weighted by molar-refractivity contribution is 5.59. The number of nitrogens with zero attached hydrogens (tertiary/aromatic N) is 3. The normalized spacial score (nSPS) is 10.6. The van der Waals surface area contributed by atoms with Crippen molar-refractivity contribution in [2.75, 3.05) is 16.8 Å². The molecule has 0 fully saturated rings. The van der Waals surface area contributed by atoms with Crippen LogP contribution in [0.3, 0.4) is 0 Å². The zero-order valence-corrected chi connectivity index (χ0v) is 16.0. The van der Waals surface area contributed by atoms with Gasteiger partial charge < -0.3 is 10.2 Å². The molecule has 0 spiro atoms. The van der Waals surface area contributed by atoms with Crippen LogP contribution in [0.4, 0.5) is 17.5 Å². The molecule has 0 aliphatic heterocycles. The van der Waals surface area contributed by atoms with Crippen LogP contribution in [0.15, 0.2) is 54.6 Å². The Labute approximate surface area is 155 Å². The molecule has 0 amide bonds. The smallest absolute Gasteiger partial charge is 0.232 e. The maximum absolute atomic E-state index is 4.75. The van der Waals surface area contributed by atoms with E-state index in [0.717, 1.165) is 36.2 Å². The van der Waals surface area contributed by atoms with Gasteiger partial charge in [-0.25, -0.2) is 4.98 Å². The van der Waals surface area contributed by atoms with E-state index in [1.165, 1.54) is 16.7 Å². The maximum atomic E-state index is 4.75. The number of anilines is 3. The second-order valence-corrected chi connectivity index (χ2v) is 6.62. The van der Waals surface area contributed by atoms with Crippen molar-refractivity contribution >= 4 is 17.5 Å². The molecule has 0 unspecified atom stereocenters. The second-order valence-electron chi connectivity index (χ2n) is 6.62. The Kier molecular flexibility index (Phi) is 5.52. The molecule has 134 valence electrons. The van der Waals surface area contributed by atoms with Gasteiger partial charge in [0.15, 0.2) is 0 Å². The highest BCUT2D eigenvalue weighted by Crippen LogP contribution is 2.24. The Balaban J connectivity index is 1.83. The molecule has 0 atom stereocenters. The van der Waals surface area contributed by atoms with Crippen molar-refractivity contribution in [1.82, 2.24) is 9.97 Å². The van der Waals surface area contributed by atoms with Crippen molar-refractivity contribution < 1.29 is 0 Å². The summed E-state index contributed by atoms with van der Waals surface area (Å²) >= 11 is 0. The Morgan fingerprint density at radius 3 is 2.35 bits per heavy atom. The van der Waals surface area contributed by atoms with E-state index in [0.29, 0.717) is 0 Å². The molecule has 3 rings (SSSR count). The molecule has 1 aromatic heterocycles. The van der Waals surface area contributed by atoms with Gasteiger partial charge in [0.1, 0.15) is 5.82 Å². The molecule has 0 saturated carbocycles. The fraction of sp³-hybridized carbons (Fsp3) is 0.273. The van der Waals surface area contributed by atoms with Crippen LogP contribution in [0.5, 0.6) is 0 Å². The van der Waals surface area contributed by atoms with E-state index in [2.05, 4.69) is 84.5 Å². The van der Waals surface area contributed by atoms with Crippen molar-refractivity contribution in [1.29, 1.82) is 0 Å². The number of benzene rings is 2. The first kappa shape index (κ1) is 17.9. The van der Waals surface area contributed by atoms with E-state index >= 15 is 0 Å². The third-order valence-corrected chi connectivity index (χ3v) is 4.31. The molecule has 0 radical (unpaired) electrons. The first-order valence-electron chi connectivity index (χ1n) is 9.04. The average molecular weight is 346 g/mol. The third kappa shape index (κ3) is 4.39. The van der Waals surface area contributed by atoms with Crippen molar-refractivity contribution in [3.63, 3.8) is 0 Å². The van der Waals surface area contributed by atoms with Gasteiger partial charge in [0, 0.05) is 30.5 Å². The van der Waals surface area contributed by atoms with Gasteiger partial charge in [-0.1, -0.05) is 42.0 Å². The molecule has 0 aliphatic rings. The van der Waals surface area contributed by atoms with Gasteiger partial charge in [0.25, 0.3) is 0 Å². The molecular weight excluding hydrogens is 320 g/mol. The van der Waals surface area contributed by atoms with E-state index in [1.807, 2.05) is 13.0 Å². The lowest BCUT2D eigenvalue weighted by Gasteiger charge is -2.22.